The van der Waals surface area contributed by atoms with Gasteiger partial charge in [-0.25, -0.2) is 0 Å². The van der Waals surface area contributed by atoms with Gasteiger partial charge in [0.2, 0.25) is 6.10 Å². The zero-order valence-electron chi connectivity index (χ0n) is 11.7. The van der Waals surface area contributed by atoms with Crippen molar-refractivity contribution in [1.29, 1.82) is 0 Å². The summed E-state index contributed by atoms with van der Waals surface area (Å²) in [6.45, 7) is 3.26. The van der Waals surface area contributed by atoms with Crippen molar-refractivity contribution >= 4 is 5.91 Å². The Kier molecular flexibility index (Phi) is 3.72. The minimum atomic E-state index is -0.655. The van der Waals surface area contributed by atoms with E-state index < -0.39 is 6.10 Å². The predicted octanol–water partition coefficient (Wildman–Crippen LogP) is 0.754. The summed E-state index contributed by atoms with van der Waals surface area (Å²) in [4.78, 5) is 12.1. The van der Waals surface area contributed by atoms with E-state index in [9.17, 15) is 4.79 Å². The van der Waals surface area contributed by atoms with Crippen molar-refractivity contribution in [2.24, 2.45) is 0 Å². The summed E-state index contributed by atoms with van der Waals surface area (Å²) in [6.07, 6.45) is 0.982. The number of hydrogen-bond donors (Lipinski definition) is 1. The second-order valence-corrected chi connectivity index (χ2v) is 4.62. The van der Waals surface area contributed by atoms with Gasteiger partial charge in [0, 0.05) is 6.54 Å². The number of nitrogens with one attached hydrogen (secondary N) is 1. The maximum Gasteiger partial charge on any atom is 0.265 e. The molecule has 0 radical (unpaired) electrons. The first-order valence-corrected chi connectivity index (χ1v) is 6.81. The molecule has 21 heavy (non-hydrogen) atoms. The van der Waals surface area contributed by atoms with Crippen LogP contribution in [0.1, 0.15) is 12.7 Å². The van der Waals surface area contributed by atoms with Crippen LogP contribution in [0.3, 0.4) is 0 Å². The van der Waals surface area contributed by atoms with E-state index in [-0.39, 0.29) is 12.5 Å². The number of hydrogen-bond acceptors (Lipinski definition) is 5. The normalized spacial score (nSPS) is 16.5. The van der Waals surface area contributed by atoms with E-state index in [1.165, 1.54) is 0 Å². The minimum Gasteiger partial charge on any atom is -0.485 e. The zero-order chi connectivity index (χ0) is 14.7. The molecule has 0 aliphatic carbocycles. The van der Waals surface area contributed by atoms with Crippen molar-refractivity contribution in [2.45, 2.75) is 26.1 Å². The molecule has 1 amide bonds. The summed E-state index contributed by atoms with van der Waals surface area (Å²) >= 11 is 0. The number of rotatable bonds is 4. The molecular weight excluding hydrogens is 272 g/mol. The standard InChI is InChI=1S/C14H16N4O3/c1-2-18-9-16-17-13(18)7-15-14(19)12-8-20-10-5-3-4-6-11(10)21-12/h3-6,9,12H,2,7-8H2,1H3,(H,15,19). The van der Waals surface area contributed by atoms with Gasteiger partial charge in [0.25, 0.3) is 5.91 Å². The number of nitrogens with zero attached hydrogens (tertiary/aromatic N) is 3. The molecule has 0 spiro atoms. The third-order valence-electron chi connectivity index (χ3n) is 3.26. The van der Waals surface area contributed by atoms with Crippen LogP contribution >= 0.6 is 0 Å². The Morgan fingerprint density at radius 2 is 2.24 bits per heavy atom. The number of para-hydroxylation sites is 2. The van der Waals surface area contributed by atoms with Gasteiger partial charge in [0.05, 0.1) is 6.54 Å². The fourth-order valence-electron chi connectivity index (χ4n) is 2.11. The molecule has 1 unspecified atom stereocenters. The van der Waals surface area contributed by atoms with E-state index in [0.29, 0.717) is 23.9 Å². The van der Waals surface area contributed by atoms with Crippen molar-refractivity contribution in [3.05, 3.63) is 36.4 Å². The summed E-state index contributed by atoms with van der Waals surface area (Å²) in [5.74, 6) is 1.73. The monoisotopic (exact) mass is 288 g/mol. The Labute approximate surface area is 121 Å². The summed E-state index contributed by atoms with van der Waals surface area (Å²) in [6, 6.07) is 7.29. The first-order chi connectivity index (χ1) is 10.3. The van der Waals surface area contributed by atoms with Gasteiger partial charge in [-0.2, -0.15) is 0 Å². The average Bonchev–Trinajstić information content (AvgIpc) is 2.99. The summed E-state index contributed by atoms with van der Waals surface area (Å²) in [5, 5.41) is 10.6. The number of aromatic nitrogens is 3. The van der Waals surface area contributed by atoms with Gasteiger partial charge in [0.15, 0.2) is 17.3 Å². The molecular formula is C14H16N4O3. The molecule has 7 nitrogen and oxygen atoms in total. The maximum atomic E-state index is 12.1. The van der Waals surface area contributed by atoms with Crippen LogP contribution in [0.5, 0.6) is 11.5 Å². The van der Waals surface area contributed by atoms with Gasteiger partial charge in [-0.3, -0.25) is 4.79 Å². The molecule has 1 atom stereocenters. The van der Waals surface area contributed by atoms with Crippen LogP contribution in [-0.4, -0.2) is 33.4 Å². The summed E-state index contributed by atoms with van der Waals surface area (Å²) < 4.78 is 13.0. The number of carbonyl (C=O) groups excluding carboxylic acids is 1. The minimum absolute atomic E-state index is 0.198. The molecule has 1 aromatic carbocycles. The van der Waals surface area contributed by atoms with Crippen molar-refractivity contribution in [1.82, 2.24) is 20.1 Å². The Balaban J connectivity index is 1.60. The molecule has 1 aliphatic heterocycles. The first-order valence-electron chi connectivity index (χ1n) is 6.81. The highest BCUT2D eigenvalue weighted by Gasteiger charge is 2.27. The van der Waals surface area contributed by atoms with Crippen molar-refractivity contribution in [2.75, 3.05) is 6.61 Å². The molecule has 2 aromatic rings. The van der Waals surface area contributed by atoms with E-state index in [2.05, 4.69) is 15.5 Å². The van der Waals surface area contributed by atoms with Gasteiger partial charge in [0.1, 0.15) is 12.9 Å². The van der Waals surface area contributed by atoms with Crippen LogP contribution in [-0.2, 0) is 17.9 Å². The Bertz CT molecular complexity index is 641. The molecule has 110 valence electrons. The highest BCUT2D eigenvalue weighted by atomic mass is 16.6. The Morgan fingerprint density at radius 1 is 1.43 bits per heavy atom. The number of fused-ring (bicyclic) bond motifs is 1. The summed E-state index contributed by atoms with van der Waals surface area (Å²) in [5.41, 5.74) is 0. The van der Waals surface area contributed by atoms with Crippen LogP contribution in [0.25, 0.3) is 0 Å². The van der Waals surface area contributed by atoms with E-state index in [1.807, 2.05) is 29.7 Å². The third-order valence-corrected chi connectivity index (χ3v) is 3.26. The number of carbonyl (C=O) groups is 1. The van der Waals surface area contributed by atoms with Crippen molar-refractivity contribution in [3.8, 4) is 11.5 Å². The van der Waals surface area contributed by atoms with Crippen LogP contribution < -0.4 is 14.8 Å². The van der Waals surface area contributed by atoms with Crippen molar-refractivity contribution < 1.29 is 14.3 Å². The largest absolute Gasteiger partial charge is 0.485 e. The van der Waals surface area contributed by atoms with E-state index >= 15 is 0 Å². The molecule has 1 N–H and O–H groups in total. The zero-order valence-corrected chi connectivity index (χ0v) is 11.7. The molecule has 2 heterocycles. The number of benzene rings is 1. The second-order valence-electron chi connectivity index (χ2n) is 4.62. The first kappa shape index (κ1) is 13.4. The molecule has 0 bridgehead atoms. The lowest BCUT2D eigenvalue weighted by atomic mass is 10.2. The van der Waals surface area contributed by atoms with Gasteiger partial charge in [-0.05, 0) is 19.1 Å². The van der Waals surface area contributed by atoms with E-state index in [1.54, 1.807) is 12.4 Å². The number of amides is 1. The van der Waals surface area contributed by atoms with E-state index in [4.69, 9.17) is 9.47 Å². The van der Waals surface area contributed by atoms with Crippen LogP contribution in [0.15, 0.2) is 30.6 Å². The van der Waals surface area contributed by atoms with Crippen LogP contribution in [0, 0.1) is 0 Å². The highest BCUT2D eigenvalue weighted by molar-refractivity contribution is 5.81. The predicted molar refractivity (Wildman–Crippen MR) is 73.9 cm³/mol. The number of aryl methyl sites for hydroxylation is 1. The van der Waals surface area contributed by atoms with Crippen molar-refractivity contribution in [3.63, 3.8) is 0 Å². The quantitative estimate of drug-likeness (QED) is 0.898. The fourth-order valence-corrected chi connectivity index (χ4v) is 2.11. The van der Waals surface area contributed by atoms with Gasteiger partial charge in [-0.1, -0.05) is 12.1 Å². The lowest BCUT2D eigenvalue weighted by molar-refractivity contribution is -0.130. The van der Waals surface area contributed by atoms with Gasteiger partial charge < -0.3 is 19.4 Å². The molecule has 0 fully saturated rings. The smallest absolute Gasteiger partial charge is 0.265 e. The Morgan fingerprint density at radius 3 is 3.05 bits per heavy atom. The molecule has 0 saturated heterocycles. The molecule has 7 heteroatoms. The summed E-state index contributed by atoms with van der Waals surface area (Å²) in [7, 11) is 0. The average molecular weight is 288 g/mol. The maximum absolute atomic E-state index is 12.1. The topological polar surface area (TPSA) is 78.3 Å². The highest BCUT2D eigenvalue weighted by Crippen LogP contribution is 2.30. The third kappa shape index (κ3) is 2.81. The lowest BCUT2D eigenvalue weighted by Crippen LogP contribution is -2.44. The van der Waals surface area contributed by atoms with Gasteiger partial charge >= 0.3 is 0 Å². The Hall–Kier alpha value is -2.57. The number of ether oxygens (including phenoxy) is 2. The van der Waals surface area contributed by atoms with E-state index in [0.717, 1.165) is 6.54 Å². The molecule has 1 aliphatic rings. The molecule has 1 aromatic heterocycles. The SMILES string of the molecule is CCn1cnnc1CNC(=O)C1COc2ccccc2O1. The lowest BCUT2D eigenvalue weighted by Gasteiger charge is -2.25. The molecule has 0 saturated carbocycles. The molecule has 3 rings (SSSR count). The second kappa shape index (κ2) is 5.82. The van der Waals surface area contributed by atoms with Crippen LogP contribution in [0.4, 0.5) is 0 Å². The van der Waals surface area contributed by atoms with Gasteiger partial charge in [-0.15, -0.1) is 10.2 Å². The van der Waals surface area contributed by atoms with Crippen LogP contribution in [0.2, 0.25) is 0 Å². The fraction of sp³-hybridized carbons (Fsp3) is 0.357.